The van der Waals surface area contributed by atoms with Crippen molar-refractivity contribution in [3.63, 3.8) is 0 Å². The van der Waals surface area contributed by atoms with Crippen LogP contribution in [0.2, 0.25) is 0 Å². The fourth-order valence-electron chi connectivity index (χ4n) is 1.92. The average molecular weight is 284 g/mol. The van der Waals surface area contributed by atoms with Crippen molar-refractivity contribution in [3.05, 3.63) is 54.6 Å². The van der Waals surface area contributed by atoms with Gasteiger partial charge in [0, 0.05) is 18.3 Å². The number of ether oxygens (including phenoxy) is 1. The van der Waals surface area contributed by atoms with Crippen LogP contribution in [0.15, 0.2) is 54.6 Å². The molecular formula is C17H20N2O2. The van der Waals surface area contributed by atoms with Gasteiger partial charge in [-0.25, -0.2) is 0 Å². The number of hydrogen-bond acceptors (Lipinski definition) is 3. The summed E-state index contributed by atoms with van der Waals surface area (Å²) >= 11 is 0. The second kappa shape index (κ2) is 7.33. The molecule has 0 saturated heterocycles. The van der Waals surface area contributed by atoms with Crippen molar-refractivity contribution in [2.45, 2.75) is 19.9 Å². The fourth-order valence-corrected chi connectivity index (χ4v) is 1.92. The maximum Gasteiger partial charge on any atom is 0.242 e. The van der Waals surface area contributed by atoms with Crippen LogP contribution in [0.5, 0.6) is 11.5 Å². The Hall–Kier alpha value is -2.49. The third-order valence-electron chi connectivity index (χ3n) is 2.94. The first-order valence-corrected chi connectivity index (χ1v) is 7.06. The molecule has 0 spiro atoms. The molecule has 1 unspecified atom stereocenters. The van der Waals surface area contributed by atoms with E-state index < -0.39 is 0 Å². The molecular weight excluding hydrogens is 264 g/mol. The molecule has 0 aromatic heterocycles. The summed E-state index contributed by atoms with van der Waals surface area (Å²) in [6.07, 6.45) is 0. The second-order valence-electron chi connectivity index (χ2n) is 4.70. The van der Waals surface area contributed by atoms with Gasteiger partial charge in [-0.15, -0.1) is 0 Å². The first-order valence-electron chi connectivity index (χ1n) is 7.06. The van der Waals surface area contributed by atoms with Gasteiger partial charge in [0.15, 0.2) is 0 Å². The Morgan fingerprint density at radius 2 is 1.81 bits per heavy atom. The van der Waals surface area contributed by atoms with Gasteiger partial charge >= 0.3 is 0 Å². The van der Waals surface area contributed by atoms with Crippen LogP contribution in [0.1, 0.15) is 13.8 Å². The molecule has 0 bridgehead atoms. The average Bonchev–Trinajstić information content (AvgIpc) is 2.49. The van der Waals surface area contributed by atoms with Gasteiger partial charge in [-0.2, -0.15) is 0 Å². The number of carbonyl (C=O) groups excluding carboxylic acids is 1. The Bertz CT molecular complexity index is 584. The van der Waals surface area contributed by atoms with E-state index in [4.69, 9.17) is 4.74 Å². The SMILES string of the molecule is CCNC(=O)C(C)Nc1cccc(Oc2ccccc2)c1. The van der Waals surface area contributed by atoms with Crippen LogP contribution in [-0.4, -0.2) is 18.5 Å². The maximum atomic E-state index is 11.7. The standard InChI is InChI=1S/C17H20N2O2/c1-3-18-17(20)13(2)19-14-8-7-11-16(12-14)21-15-9-5-4-6-10-15/h4-13,19H,3H2,1-2H3,(H,18,20). The lowest BCUT2D eigenvalue weighted by Gasteiger charge is -2.15. The molecule has 2 aromatic carbocycles. The summed E-state index contributed by atoms with van der Waals surface area (Å²) in [4.78, 5) is 11.7. The quantitative estimate of drug-likeness (QED) is 0.854. The van der Waals surface area contributed by atoms with E-state index in [1.807, 2.05) is 68.4 Å². The third-order valence-corrected chi connectivity index (χ3v) is 2.94. The van der Waals surface area contributed by atoms with Crippen molar-refractivity contribution in [2.75, 3.05) is 11.9 Å². The molecule has 0 saturated carbocycles. The van der Waals surface area contributed by atoms with Gasteiger partial charge in [0.2, 0.25) is 5.91 Å². The van der Waals surface area contributed by atoms with Crippen LogP contribution in [0.25, 0.3) is 0 Å². The van der Waals surface area contributed by atoms with Gasteiger partial charge in [0.05, 0.1) is 0 Å². The molecule has 0 fully saturated rings. The van der Waals surface area contributed by atoms with Crippen LogP contribution in [0.3, 0.4) is 0 Å². The first-order chi connectivity index (χ1) is 10.2. The molecule has 2 N–H and O–H groups in total. The number of amides is 1. The molecule has 110 valence electrons. The Labute approximate surface area is 125 Å². The normalized spacial score (nSPS) is 11.5. The number of nitrogens with one attached hydrogen (secondary N) is 2. The predicted molar refractivity (Wildman–Crippen MR) is 84.7 cm³/mol. The van der Waals surface area contributed by atoms with E-state index in [1.165, 1.54) is 0 Å². The molecule has 0 heterocycles. The minimum absolute atomic E-state index is 0.0214. The lowest BCUT2D eigenvalue weighted by atomic mass is 10.2. The number of carbonyl (C=O) groups is 1. The lowest BCUT2D eigenvalue weighted by molar-refractivity contribution is -0.121. The zero-order valence-electron chi connectivity index (χ0n) is 12.3. The Kier molecular flexibility index (Phi) is 5.21. The van der Waals surface area contributed by atoms with E-state index in [0.29, 0.717) is 6.54 Å². The fraction of sp³-hybridized carbons (Fsp3) is 0.235. The molecule has 0 aliphatic heterocycles. The summed E-state index contributed by atoms with van der Waals surface area (Å²) in [5, 5.41) is 5.95. The van der Waals surface area contributed by atoms with Crippen LogP contribution < -0.4 is 15.4 Å². The number of para-hydroxylation sites is 1. The summed E-state index contributed by atoms with van der Waals surface area (Å²) in [5.41, 5.74) is 0.849. The van der Waals surface area contributed by atoms with E-state index in [-0.39, 0.29) is 11.9 Å². The minimum atomic E-state index is -0.295. The van der Waals surface area contributed by atoms with E-state index >= 15 is 0 Å². The molecule has 1 atom stereocenters. The van der Waals surface area contributed by atoms with Gasteiger partial charge < -0.3 is 15.4 Å². The van der Waals surface area contributed by atoms with Gasteiger partial charge in [-0.05, 0) is 38.1 Å². The number of benzene rings is 2. The van der Waals surface area contributed by atoms with Crippen molar-refractivity contribution in [1.82, 2.24) is 5.32 Å². The third kappa shape index (κ3) is 4.53. The van der Waals surface area contributed by atoms with Crippen molar-refractivity contribution >= 4 is 11.6 Å². The number of anilines is 1. The maximum absolute atomic E-state index is 11.7. The van der Waals surface area contributed by atoms with Gasteiger partial charge in [0.1, 0.15) is 17.5 Å². The number of likely N-dealkylation sites (N-methyl/N-ethyl adjacent to an activating group) is 1. The molecule has 4 heteroatoms. The van der Waals surface area contributed by atoms with Gasteiger partial charge in [-0.1, -0.05) is 24.3 Å². The van der Waals surface area contributed by atoms with Crippen LogP contribution in [-0.2, 0) is 4.79 Å². The molecule has 0 aliphatic rings. The van der Waals surface area contributed by atoms with Crippen LogP contribution in [0.4, 0.5) is 5.69 Å². The topological polar surface area (TPSA) is 50.4 Å². The largest absolute Gasteiger partial charge is 0.457 e. The monoisotopic (exact) mass is 284 g/mol. The van der Waals surface area contributed by atoms with E-state index in [0.717, 1.165) is 17.2 Å². The van der Waals surface area contributed by atoms with E-state index in [9.17, 15) is 4.79 Å². The Morgan fingerprint density at radius 1 is 1.10 bits per heavy atom. The van der Waals surface area contributed by atoms with Crippen LogP contribution >= 0.6 is 0 Å². The lowest BCUT2D eigenvalue weighted by Crippen LogP contribution is -2.37. The summed E-state index contributed by atoms with van der Waals surface area (Å²) in [6, 6.07) is 16.9. The van der Waals surface area contributed by atoms with Crippen molar-refractivity contribution < 1.29 is 9.53 Å². The molecule has 2 aromatic rings. The van der Waals surface area contributed by atoms with Gasteiger partial charge in [0.25, 0.3) is 0 Å². The highest BCUT2D eigenvalue weighted by Gasteiger charge is 2.11. The molecule has 1 amide bonds. The summed E-state index contributed by atoms with van der Waals surface area (Å²) < 4.78 is 5.77. The first kappa shape index (κ1) is 14.9. The Morgan fingerprint density at radius 3 is 2.52 bits per heavy atom. The van der Waals surface area contributed by atoms with Crippen LogP contribution in [0, 0.1) is 0 Å². The zero-order chi connectivity index (χ0) is 15.1. The summed E-state index contributed by atoms with van der Waals surface area (Å²) in [6.45, 7) is 4.36. The minimum Gasteiger partial charge on any atom is -0.457 e. The van der Waals surface area contributed by atoms with Crippen molar-refractivity contribution in [1.29, 1.82) is 0 Å². The molecule has 2 rings (SSSR count). The van der Waals surface area contributed by atoms with Crippen molar-refractivity contribution in [3.8, 4) is 11.5 Å². The molecule has 0 aliphatic carbocycles. The van der Waals surface area contributed by atoms with Gasteiger partial charge in [-0.3, -0.25) is 4.79 Å². The molecule has 4 nitrogen and oxygen atoms in total. The van der Waals surface area contributed by atoms with Crippen molar-refractivity contribution in [2.24, 2.45) is 0 Å². The predicted octanol–water partition coefficient (Wildman–Crippen LogP) is 3.42. The highest BCUT2D eigenvalue weighted by molar-refractivity contribution is 5.84. The highest BCUT2D eigenvalue weighted by atomic mass is 16.5. The molecule has 21 heavy (non-hydrogen) atoms. The summed E-state index contributed by atoms with van der Waals surface area (Å²) in [7, 11) is 0. The summed E-state index contributed by atoms with van der Waals surface area (Å²) in [5.74, 6) is 1.49. The second-order valence-corrected chi connectivity index (χ2v) is 4.70. The number of rotatable bonds is 6. The number of hydrogen-bond donors (Lipinski definition) is 2. The zero-order valence-corrected chi connectivity index (χ0v) is 12.3. The Balaban J connectivity index is 2.02. The highest BCUT2D eigenvalue weighted by Crippen LogP contribution is 2.24. The molecule has 0 radical (unpaired) electrons. The smallest absolute Gasteiger partial charge is 0.242 e. The van der Waals surface area contributed by atoms with E-state index in [1.54, 1.807) is 0 Å². The van der Waals surface area contributed by atoms with E-state index in [2.05, 4.69) is 10.6 Å².